The van der Waals surface area contributed by atoms with Gasteiger partial charge in [0, 0.05) is 41.1 Å². The maximum atomic E-state index is 13.8. The van der Waals surface area contributed by atoms with E-state index in [4.69, 9.17) is 4.42 Å². The average molecular weight is 559 g/mol. The number of aryl methyl sites for hydroxylation is 2. The fourth-order valence-electron chi connectivity index (χ4n) is 5.28. The zero-order valence-corrected chi connectivity index (χ0v) is 23.3. The summed E-state index contributed by atoms with van der Waals surface area (Å²) in [6, 6.07) is 7.01. The van der Waals surface area contributed by atoms with E-state index in [0.29, 0.717) is 21.9 Å². The zero-order chi connectivity index (χ0) is 28.0. The second-order valence-corrected chi connectivity index (χ2v) is 11.5. The van der Waals surface area contributed by atoms with E-state index >= 15 is 0 Å². The van der Waals surface area contributed by atoms with Crippen LogP contribution in [0.5, 0.6) is 0 Å². The molecular weight excluding hydrogens is 527 g/mol. The van der Waals surface area contributed by atoms with Gasteiger partial charge in [-0.3, -0.25) is 0 Å². The van der Waals surface area contributed by atoms with Gasteiger partial charge < -0.3 is 24.6 Å². The molecule has 1 aliphatic carbocycles. The Kier molecular flexibility index (Phi) is 6.82. The van der Waals surface area contributed by atoms with E-state index < -0.39 is 12.2 Å². The molecule has 0 aliphatic heterocycles. The number of fused-ring (bicyclic) bond motifs is 2. The molecule has 0 amide bonds. The highest BCUT2D eigenvalue weighted by Gasteiger charge is 2.42. The minimum absolute atomic E-state index is 0.191. The molecule has 6 aromatic rings. The Bertz CT molecular complexity index is 1770. The van der Waals surface area contributed by atoms with Crippen molar-refractivity contribution < 1.29 is 19.0 Å². The van der Waals surface area contributed by atoms with Gasteiger partial charge >= 0.3 is 0 Å². The predicted molar refractivity (Wildman–Crippen MR) is 154 cm³/mol. The molecule has 1 fully saturated rings. The SMILES string of the molecule is CCc1csc2c(F)ccc(C(O)c3ncc[nH]3)c12.Cc1ccc(C(O)c2ncc[nH]2)c2c(C3(C)CC3)coc12. The van der Waals surface area contributed by atoms with Gasteiger partial charge in [0.2, 0.25) is 0 Å². The molecule has 0 radical (unpaired) electrons. The number of imidazole rings is 2. The van der Waals surface area contributed by atoms with Crippen LogP contribution in [0.4, 0.5) is 4.39 Å². The second-order valence-electron chi connectivity index (χ2n) is 10.6. The van der Waals surface area contributed by atoms with Crippen LogP contribution < -0.4 is 0 Å². The zero-order valence-electron chi connectivity index (χ0n) is 22.5. The molecule has 1 aliphatic rings. The smallest absolute Gasteiger partial charge is 0.141 e. The molecule has 0 saturated heterocycles. The maximum Gasteiger partial charge on any atom is 0.141 e. The first-order chi connectivity index (χ1) is 19.3. The third-order valence-electron chi connectivity index (χ3n) is 7.91. The van der Waals surface area contributed by atoms with Gasteiger partial charge in [-0.15, -0.1) is 11.3 Å². The Morgan fingerprint density at radius 3 is 2.20 bits per heavy atom. The monoisotopic (exact) mass is 558 g/mol. The van der Waals surface area contributed by atoms with Gasteiger partial charge in [-0.1, -0.05) is 32.0 Å². The Morgan fingerprint density at radius 1 is 1.00 bits per heavy atom. The number of aliphatic hydroxyl groups excluding tert-OH is 2. The number of nitrogens with zero attached hydrogens (tertiary/aromatic N) is 2. The molecule has 4 aromatic heterocycles. The van der Waals surface area contributed by atoms with Crippen molar-refractivity contribution in [1.82, 2.24) is 19.9 Å². The normalized spacial score (nSPS) is 15.7. The summed E-state index contributed by atoms with van der Waals surface area (Å²) in [4.78, 5) is 14.1. The maximum absolute atomic E-state index is 13.8. The summed E-state index contributed by atoms with van der Waals surface area (Å²) in [5.41, 5.74) is 5.99. The molecule has 4 heterocycles. The van der Waals surface area contributed by atoms with Crippen LogP contribution in [0.3, 0.4) is 0 Å². The highest BCUT2D eigenvalue weighted by Crippen LogP contribution is 2.52. The van der Waals surface area contributed by atoms with Crippen molar-refractivity contribution in [3.8, 4) is 0 Å². The fraction of sp³-hybridized carbons (Fsp3) is 0.290. The van der Waals surface area contributed by atoms with E-state index in [9.17, 15) is 14.6 Å². The standard InChI is InChI=1S/C17H18N2O2.C14H13FN2OS/c1-10-3-4-11(14(20)16-18-7-8-19-16)13-12(9-21-15(10)13)17(2)5-6-17;1-2-8-7-19-13-10(15)4-3-9(11(8)13)12(18)14-16-5-6-17-14/h3-4,7-9,14,20H,5-6H2,1-2H3,(H,18,19);3-7,12,18H,2H2,1H3,(H,16,17). The highest BCUT2D eigenvalue weighted by atomic mass is 32.1. The van der Waals surface area contributed by atoms with Crippen LogP contribution in [-0.4, -0.2) is 30.1 Å². The first-order valence-corrected chi connectivity index (χ1v) is 14.2. The minimum atomic E-state index is -0.863. The van der Waals surface area contributed by atoms with Crippen molar-refractivity contribution in [2.75, 3.05) is 0 Å². The fourth-order valence-corrected chi connectivity index (χ4v) is 6.37. The van der Waals surface area contributed by atoms with Crippen LogP contribution in [0.25, 0.3) is 21.1 Å². The molecule has 206 valence electrons. The quantitative estimate of drug-likeness (QED) is 0.176. The van der Waals surface area contributed by atoms with Gasteiger partial charge in [0.15, 0.2) is 0 Å². The van der Waals surface area contributed by atoms with Crippen LogP contribution in [0.2, 0.25) is 0 Å². The molecule has 2 atom stereocenters. The lowest BCUT2D eigenvalue weighted by Gasteiger charge is -2.14. The molecule has 4 N–H and O–H groups in total. The van der Waals surface area contributed by atoms with Crippen LogP contribution in [0.1, 0.15) is 78.4 Å². The molecule has 2 unspecified atom stereocenters. The number of rotatable bonds is 6. The molecule has 7 nitrogen and oxygen atoms in total. The Balaban J connectivity index is 0.000000145. The van der Waals surface area contributed by atoms with E-state index in [2.05, 4.69) is 26.9 Å². The van der Waals surface area contributed by atoms with E-state index in [1.807, 2.05) is 37.6 Å². The van der Waals surface area contributed by atoms with Gasteiger partial charge in [0.1, 0.15) is 35.3 Å². The van der Waals surface area contributed by atoms with E-state index in [0.717, 1.165) is 39.5 Å². The summed E-state index contributed by atoms with van der Waals surface area (Å²) >= 11 is 1.38. The summed E-state index contributed by atoms with van der Waals surface area (Å²) in [6.45, 7) is 6.31. The number of halogens is 1. The van der Waals surface area contributed by atoms with Crippen molar-refractivity contribution in [2.24, 2.45) is 0 Å². The molecule has 0 bridgehead atoms. The van der Waals surface area contributed by atoms with E-state index in [1.165, 1.54) is 35.8 Å². The Hall–Kier alpha value is -3.79. The number of hydrogen-bond acceptors (Lipinski definition) is 6. The molecule has 2 aromatic carbocycles. The topological polar surface area (TPSA) is 111 Å². The van der Waals surface area contributed by atoms with E-state index in [-0.39, 0.29) is 11.2 Å². The van der Waals surface area contributed by atoms with Gasteiger partial charge in [-0.05, 0) is 65.3 Å². The van der Waals surface area contributed by atoms with Crippen molar-refractivity contribution in [1.29, 1.82) is 0 Å². The summed E-state index contributed by atoms with van der Waals surface area (Å²) in [7, 11) is 0. The van der Waals surface area contributed by atoms with Gasteiger partial charge in [-0.25, -0.2) is 14.4 Å². The van der Waals surface area contributed by atoms with Crippen molar-refractivity contribution in [2.45, 2.75) is 57.7 Å². The van der Waals surface area contributed by atoms with Crippen molar-refractivity contribution in [3.05, 3.63) is 106 Å². The lowest BCUT2D eigenvalue weighted by Crippen LogP contribution is -2.06. The number of benzene rings is 2. The minimum Gasteiger partial charge on any atom is -0.464 e. The summed E-state index contributed by atoms with van der Waals surface area (Å²) < 4.78 is 20.2. The highest BCUT2D eigenvalue weighted by molar-refractivity contribution is 7.17. The van der Waals surface area contributed by atoms with E-state index in [1.54, 1.807) is 30.9 Å². The number of nitrogens with one attached hydrogen (secondary N) is 2. The number of H-pyrrole nitrogens is 2. The number of furan rings is 1. The van der Waals surface area contributed by atoms with Crippen LogP contribution >= 0.6 is 11.3 Å². The Morgan fingerprint density at radius 2 is 1.62 bits per heavy atom. The third kappa shape index (κ3) is 4.54. The number of hydrogen-bond donors (Lipinski definition) is 4. The lowest BCUT2D eigenvalue weighted by molar-refractivity contribution is 0.212. The number of aliphatic hydroxyl groups is 2. The third-order valence-corrected chi connectivity index (χ3v) is 8.95. The van der Waals surface area contributed by atoms with Crippen molar-refractivity contribution >= 4 is 32.4 Å². The van der Waals surface area contributed by atoms with Crippen LogP contribution in [0.15, 0.2) is 65.1 Å². The molecule has 0 spiro atoms. The van der Waals surface area contributed by atoms with Gasteiger partial charge in [0.25, 0.3) is 0 Å². The molecule has 40 heavy (non-hydrogen) atoms. The number of aromatic amines is 2. The second kappa shape index (κ2) is 10.3. The number of thiophene rings is 1. The first-order valence-electron chi connectivity index (χ1n) is 13.4. The molecule has 9 heteroatoms. The lowest BCUT2D eigenvalue weighted by atomic mass is 9.92. The van der Waals surface area contributed by atoms with Crippen LogP contribution in [-0.2, 0) is 11.8 Å². The molecule has 7 rings (SSSR count). The molecule has 1 saturated carbocycles. The Labute approximate surface area is 234 Å². The van der Waals surface area contributed by atoms with Gasteiger partial charge in [0.05, 0.1) is 11.0 Å². The van der Waals surface area contributed by atoms with Crippen molar-refractivity contribution in [3.63, 3.8) is 0 Å². The van der Waals surface area contributed by atoms with Gasteiger partial charge in [-0.2, -0.15) is 0 Å². The summed E-state index contributed by atoms with van der Waals surface area (Å²) in [5, 5.41) is 24.9. The summed E-state index contributed by atoms with van der Waals surface area (Å²) in [5.74, 6) is 0.796. The number of aromatic nitrogens is 4. The summed E-state index contributed by atoms with van der Waals surface area (Å²) in [6.07, 6.45) is 10.0. The predicted octanol–water partition coefficient (Wildman–Crippen LogP) is 7.01. The van der Waals surface area contributed by atoms with Crippen LogP contribution in [0, 0.1) is 12.7 Å². The molecular formula is C31H31FN4O3S. The first kappa shape index (κ1) is 26.4. The largest absolute Gasteiger partial charge is 0.464 e. The average Bonchev–Trinajstić information content (AvgIpc) is 3.58.